The highest BCUT2D eigenvalue weighted by molar-refractivity contribution is 8.13. The van der Waals surface area contributed by atoms with Gasteiger partial charge in [-0.3, -0.25) is 9.79 Å². The number of nitrogens with zero attached hydrogens (tertiary/aromatic N) is 1. The molecule has 0 aromatic rings. The van der Waals surface area contributed by atoms with E-state index in [1.54, 1.807) is 18.8 Å². The summed E-state index contributed by atoms with van der Waals surface area (Å²) in [6.45, 7) is 4.23. The number of carbonyl (C=O) groups excluding carboxylic acids is 1. The Bertz CT molecular complexity index is 228. The number of hydrogen-bond donors (Lipinski definition) is 1. The van der Waals surface area contributed by atoms with E-state index < -0.39 is 0 Å². The first-order chi connectivity index (χ1) is 6.19. The van der Waals surface area contributed by atoms with Gasteiger partial charge in [0.2, 0.25) is 5.91 Å². The molecule has 0 saturated carbocycles. The fourth-order valence-corrected chi connectivity index (χ4v) is 2.31. The highest BCUT2D eigenvalue weighted by atomic mass is 32.2. The van der Waals surface area contributed by atoms with Gasteiger partial charge in [-0.25, -0.2) is 0 Å². The zero-order valence-electron chi connectivity index (χ0n) is 8.33. The van der Waals surface area contributed by atoms with Crippen LogP contribution in [0.2, 0.25) is 0 Å². The van der Waals surface area contributed by atoms with Crippen LogP contribution in [0.4, 0.5) is 0 Å². The van der Waals surface area contributed by atoms with Crippen molar-refractivity contribution in [2.24, 2.45) is 10.9 Å². The zero-order valence-corrected chi connectivity index (χ0v) is 9.15. The molecule has 0 fully saturated rings. The first-order valence-corrected chi connectivity index (χ1v) is 5.59. The van der Waals surface area contributed by atoms with Crippen LogP contribution in [0.3, 0.4) is 0 Å². The van der Waals surface area contributed by atoms with Crippen LogP contribution >= 0.6 is 11.8 Å². The lowest BCUT2D eigenvalue weighted by Crippen LogP contribution is -2.29. The van der Waals surface area contributed by atoms with Gasteiger partial charge in [0.15, 0.2) is 0 Å². The number of hydrogen-bond acceptors (Lipinski definition) is 3. The summed E-state index contributed by atoms with van der Waals surface area (Å²) in [5, 5.41) is 3.77. The van der Waals surface area contributed by atoms with Crippen molar-refractivity contribution in [2.45, 2.75) is 26.3 Å². The number of carbonyl (C=O) groups is 1. The summed E-state index contributed by atoms with van der Waals surface area (Å²) in [5.74, 6) is 1.52. The number of rotatable bonds is 2. The van der Waals surface area contributed by atoms with Crippen molar-refractivity contribution >= 4 is 22.7 Å². The smallest absolute Gasteiger partial charge is 0.244 e. The Balaban J connectivity index is 2.60. The molecule has 0 aromatic heterocycles. The van der Waals surface area contributed by atoms with Crippen LogP contribution in [0.25, 0.3) is 0 Å². The number of thioether (sulfide) groups is 1. The van der Waals surface area contributed by atoms with E-state index in [0.29, 0.717) is 5.92 Å². The van der Waals surface area contributed by atoms with E-state index in [4.69, 9.17) is 0 Å². The number of likely N-dealkylation sites (N-methyl/N-ethyl adjacent to an activating group) is 1. The quantitative estimate of drug-likeness (QED) is 0.730. The Labute approximate surface area is 83.4 Å². The van der Waals surface area contributed by atoms with Gasteiger partial charge in [0.05, 0.1) is 5.04 Å². The van der Waals surface area contributed by atoms with Crippen LogP contribution < -0.4 is 5.32 Å². The lowest BCUT2D eigenvalue weighted by Gasteiger charge is -2.04. The molecule has 3 nitrogen and oxygen atoms in total. The van der Waals surface area contributed by atoms with E-state index in [9.17, 15) is 4.79 Å². The maximum Gasteiger partial charge on any atom is 0.244 e. The van der Waals surface area contributed by atoms with Crippen molar-refractivity contribution in [3.63, 3.8) is 0 Å². The van der Waals surface area contributed by atoms with Crippen molar-refractivity contribution in [3.05, 3.63) is 0 Å². The zero-order chi connectivity index (χ0) is 9.84. The summed E-state index contributed by atoms with van der Waals surface area (Å²) in [6.07, 6.45) is 0.863. The number of amides is 1. The van der Waals surface area contributed by atoms with Crippen LogP contribution in [0, 0.1) is 5.92 Å². The van der Waals surface area contributed by atoms with Crippen LogP contribution in [0.5, 0.6) is 0 Å². The van der Waals surface area contributed by atoms with Crippen molar-refractivity contribution in [3.8, 4) is 0 Å². The van der Waals surface area contributed by atoms with Crippen LogP contribution in [-0.2, 0) is 4.79 Å². The summed E-state index contributed by atoms with van der Waals surface area (Å²) < 4.78 is 0. The molecule has 0 bridgehead atoms. The molecular weight excluding hydrogens is 184 g/mol. The number of aliphatic imine (C=N–C) groups is 1. The van der Waals surface area contributed by atoms with Crippen molar-refractivity contribution in [1.29, 1.82) is 0 Å². The Morgan fingerprint density at radius 3 is 3.00 bits per heavy atom. The van der Waals surface area contributed by atoms with Crippen molar-refractivity contribution < 1.29 is 4.79 Å². The summed E-state index contributed by atoms with van der Waals surface area (Å²) in [4.78, 5) is 15.7. The monoisotopic (exact) mass is 200 g/mol. The van der Waals surface area contributed by atoms with Crippen molar-refractivity contribution in [1.82, 2.24) is 5.32 Å². The Morgan fingerprint density at radius 1 is 1.77 bits per heavy atom. The average Bonchev–Trinajstić information content (AvgIpc) is 2.47. The molecule has 1 amide bonds. The first kappa shape index (κ1) is 10.6. The predicted octanol–water partition coefficient (Wildman–Crippen LogP) is 1.29. The molecule has 4 heteroatoms. The van der Waals surface area contributed by atoms with Gasteiger partial charge >= 0.3 is 0 Å². The second-order valence-corrected chi connectivity index (χ2v) is 4.45. The lowest BCUT2D eigenvalue weighted by atomic mass is 10.1. The molecule has 1 rings (SSSR count). The fraction of sp³-hybridized carbons (Fsp3) is 0.778. The predicted molar refractivity (Wildman–Crippen MR) is 57.2 cm³/mol. The molecule has 1 aliphatic heterocycles. The van der Waals surface area contributed by atoms with Gasteiger partial charge in [-0.2, -0.15) is 0 Å². The van der Waals surface area contributed by atoms with Crippen LogP contribution in [-0.4, -0.2) is 29.8 Å². The fourth-order valence-electron chi connectivity index (χ4n) is 1.43. The second kappa shape index (κ2) is 4.65. The molecule has 74 valence electrons. The number of nitrogens with one attached hydrogen (secondary N) is 1. The molecule has 2 atom stereocenters. The normalized spacial score (nSPS) is 27.2. The first-order valence-electron chi connectivity index (χ1n) is 4.61. The minimum absolute atomic E-state index is 0.0403. The maximum absolute atomic E-state index is 11.3. The molecule has 2 unspecified atom stereocenters. The van der Waals surface area contributed by atoms with E-state index in [1.807, 2.05) is 0 Å². The molecule has 1 aliphatic rings. The van der Waals surface area contributed by atoms with Gasteiger partial charge in [0.1, 0.15) is 6.04 Å². The highest BCUT2D eigenvalue weighted by Crippen LogP contribution is 2.26. The summed E-state index contributed by atoms with van der Waals surface area (Å²) in [5.41, 5.74) is 0. The van der Waals surface area contributed by atoms with Gasteiger partial charge in [-0.1, -0.05) is 13.8 Å². The average molecular weight is 200 g/mol. The molecule has 1 heterocycles. The van der Waals surface area contributed by atoms with Gasteiger partial charge in [0, 0.05) is 13.0 Å². The van der Waals surface area contributed by atoms with E-state index in [1.165, 1.54) is 0 Å². The topological polar surface area (TPSA) is 41.5 Å². The van der Waals surface area contributed by atoms with E-state index in [2.05, 4.69) is 24.2 Å². The summed E-state index contributed by atoms with van der Waals surface area (Å²) in [6, 6.07) is -0.144. The molecule has 0 radical (unpaired) electrons. The molecule has 1 N–H and O–H groups in total. The second-order valence-electron chi connectivity index (χ2n) is 3.17. The van der Waals surface area contributed by atoms with Gasteiger partial charge < -0.3 is 5.32 Å². The third-order valence-corrected chi connectivity index (χ3v) is 3.21. The van der Waals surface area contributed by atoms with Crippen LogP contribution in [0.15, 0.2) is 4.99 Å². The molecule has 0 aliphatic carbocycles. The standard InChI is InChI=1S/C9H16N2OS/c1-4-13-9-6(2)5-7(11-9)8(12)10-3/h6-7H,4-5H2,1-3H3,(H,10,12). The SMILES string of the molecule is CCSC1=NC(C(=O)NC)CC1C. The maximum atomic E-state index is 11.3. The van der Waals surface area contributed by atoms with E-state index >= 15 is 0 Å². The molecular formula is C9H16N2OS. The lowest BCUT2D eigenvalue weighted by molar-refractivity contribution is -0.121. The Hall–Kier alpha value is -0.510. The summed E-state index contributed by atoms with van der Waals surface area (Å²) >= 11 is 1.75. The third kappa shape index (κ3) is 2.46. The molecule has 0 spiro atoms. The minimum Gasteiger partial charge on any atom is -0.357 e. The van der Waals surface area contributed by atoms with Crippen molar-refractivity contribution in [2.75, 3.05) is 12.8 Å². The summed E-state index contributed by atoms with van der Waals surface area (Å²) in [7, 11) is 1.66. The third-order valence-electron chi connectivity index (χ3n) is 2.12. The molecule has 0 aromatic carbocycles. The van der Waals surface area contributed by atoms with Gasteiger partial charge in [-0.05, 0) is 12.2 Å². The minimum atomic E-state index is -0.144. The van der Waals surface area contributed by atoms with Gasteiger partial charge in [0.25, 0.3) is 0 Å². The highest BCUT2D eigenvalue weighted by Gasteiger charge is 2.28. The van der Waals surface area contributed by atoms with Gasteiger partial charge in [-0.15, -0.1) is 11.8 Å². The van der Waals surface area contributed by atoms with E-state index in [-0.39, 0.29) is 11.9 Å². The van der Waals surface area contributed by atoms with Crippen LogP contribution in [0.1, 0.15) is 20.3 Å². The largest absolute Gasteiger partial charge is 0.357 e. The Morgan fingerprint density at radius 2 is 2.46 bits per heavy atom. The molecule has 0 saturated heterocycles. The Kier molecular flexibility index (Phi) is 3.78. The van der Waals surface area contributed by atoms with E-state index in [0.717, 1.165) is 17.2 Å². The molecule has 13 heavy (non-hydrogen) atoms.